The minimum atomic E-state index is -0.538. The van der Waals surface area contributed by atoms with E-state index in [4.69, 9.17) is 5.73 Å². The van der Waals surface area contributed by atoms with Crippen molar-refractivity contribution in [2.75, 3.05) is 5.32 Å². The number of nitrogens with one attached hydrogen (secondary N) is 2. The molecule has 0 saturated heterocycles. The zero-order chi connectivity index (χ0) is 16.8. The van der Waals surface area contributed by atoms with Crippen molar-refractivity contribution in [1.82, 2.24) is 5.32 Å². The number of carbonyl (C=O) groups is 2. The molecule has 0 heterocycles. The van der Waals surface area contributed by atoms with Gasteiger partial charge in [-0.1, -0.05) is 33.1 Å². The SMILES string of the molecule is CC(C)[C@H](N)C(=O)Nc1ccc(C(=O)NC2CCCCC2)cc1. The number of carbonyl (C=O) groups excluding carboxylic acids is 2. The van der Waals surface area contributed by atoms with Crippen molar-refractivity contribution in [2.45, 2.75) is 58.0 Å². The molecular formula is C18H27N3O2. The van der Waals surface area contributed by atoms with Crippen molar-refractivity contribution in [1.29, 1.82) is 0 Å². The van der Waals surface area contributed by atoms with Gasteiger partial charge in [-0.05, 0) is 43.0 Å². The minimum Gasteiger partial charge on any atom is -0.349 e. The van der Waals surface area contributed by atoms with Crippen molar-refractivity contribution in [3.8, 4) is 0 Å². The molecule has 2 rings (SSSR count). The van der Waals surface area contributed by atoms with Crippen LogP contribution in [0.2, 0.25) is 0 Å². The molecule has 5 heteroatoms. The van der Waals surface area contributed by atoms with Crippen molar-refractivity contribution >= 4 is 17.5 Å². The zero-order valence-corrected chi connectivity index (χ0v) is 14.0. The average molecular weight is 317 g/mol. The second-order valence-electron chi connectivity index (χ2n) is 6.64. The van der Waals surface area contributed by atoms with E-state index in [1.807, 2.05) is 13.8 Å². The van der Waals surface area contributed by atoms with E-state index < -0.39 is 6.04 Å². The number of anilines is 1. The lowest BCUT2D eigenvalue weighted by Gasteiger charge is -2.22. The summed E-state index contributed by atoms with van der Waals surface area (Å²) in [5, 5.41) is 5.86. The third-order valence-corrected chi connectivity index (χ3v) is 4.38. The van der Waals surface area contributed by atoms with E-state index in [-0.39, 0.29) is 17.7 Å². The van der Waals surface area contributed by atoms with Crippen LogP contribution in [0.1, 0.15) is 56.3 Å². The Morgan fingerprint density at radius 1 is 1.09 bits per heavy atom. The Morgan fingerprint density at radius 2 is 1.70 bits per heavy atom. The lowest BCUT2D eigenvalue weighted by molar-refractivity contribution is -0.118. The third-order valence-electron chi connectivity index (χ3n) is 4.38. The van der Waals surface area contributed by atoms with Gasteiger partial charge in [0.2, 0.25) is 5.91 Å². The summed E-state index contributed by atoms with van der Waals surface area (Å²) in [6, 6.07) is 6.69. The molecular weight excluding hydrogens is 290 g/mol. The van der Waals surface area contributed by atoms with Crippen LogP contribution in [0.3, 0.4) is 0 Å². The first-order valence-corrected chi connectivity index (χ1v) is 8.44. The van der Waals surface area contributed by atoms with Crippen LogP contribution in [0.25, 0.3) is 0 Å². The summed E-state index contributed by atoms with van der Waals surface area (Å²) in [6.45, 7) is 3.81. The summed E-state index contributed by atoms with van der Waals surface area (Å²) in [5.41, 5.74) is 7.08. The van der Waals surface area contributed by atoms with E-state index in [0.717, 1.165) is 12.8 Å². The summed E-state index contributed by atoms with van der Waals surface area (Å²) in [6.07, 6.45) is 5.76. The average Bonchev–Trinajstić information content (AvgIpc) is 2.55. The molecule has 1 aromatic rings. The van der Waals surface area contributed by atoms with E-state index in [0.29, 0.717) is 17.3 Å². The Bertz CT molecular complexity index is 534. The van der Waals surface area contributed by atoms with Gasteiger partial charge in [0.1, 0.15) is 0 Å². The van der Waals surface area contributed by atoms with Crippen LogP contribution in [0, 0.1) is 5.92 Å². The van der Waals surface area contributed by atoms with Gasteiger partial charge >= 0.3 is 0 Å². The zero-order valence-electron chi connectivity index (χ0n) is 14.0. The molecule has 0 unspecified atom stereocenters. The fourth-order valence-corrected chi connectivity index (χ4v) is 2.75. The largest absolute Gasteiger partial charge is 0.349 e. The third kappa shape index (κ3) is 5.06. The number of nitrogens with two attached hydrogens (primary N) is 1. The lowest BCUT2D eigenvalue weighted by Crippen LogP contribution is -2.39. The highest BCUT2D eigenvalue weighted by Crippen LogP contribution is 2.18. The highest BCUT2D eigenvalue weighted by Gasteiger charge is 2.18. The van der Waals surface area contributed by atoms with Gasteiger partial charge in [0.25, 0.3) is 5.91 Å². The Labute approximate surface area is 138 Å². The van der Waals surface area contributed by atoms with E-state index in [9.17, 15) is 9.59 Å². The fourth-order valence-electron chi connectivity index (χ4n) is 2.75. The second kappa shape index (κ2) is 8.11. The van der Waals surface area contributed by atoms with Gasteiger partial charge in [0, 0.05) is 17.3 Å². The molecule has 1 aliphatic carbocycles. The summed E-state index contributed by atoms with van der Waals surface area (Å²) in [7, 11) is 0. The Kier molecular flexibility index (Phi) is 6.16. The molecule has 126 valence electrons. The van der Waals surface area contributed by atoms with Gasteiger partial charge in [0.05, 0.1) is 6.04 Å². The summed E-state index contributed by atoms with van der Waals surface area (Å²) >= 11 is 0. The Balaban J connectivity index is 1.90. The van der Waals surface area contributed by atoms with Crippen LogP contribution in [-0.2, 0) is 4.79 Å². The van der Waals surface area contributed by atoms with Crippen LogP contribution in [0.15, 0.2) is 24.3 Å². The summed E-state index contributed by atoms with van der Waals surface area (Å²) in [5.74, 6) is -0.177. The second-order valence-corrected chi connectivity index (χ2v) is 6.64. The molecule has 4 N–H and O–H groups in total. The van der Waals surface area contributed by atoms with E-state index in [1.54, 1.807) is 24.3 Å². The van der Waals surface area contributed by atoms with Gasteiger partial charge < -0.3 is 16.4 Å². The smallest absolute Gasteiger partial charge is 0.251 e. The van der Waals surface area contributed by atoms with Crippen LogP contribution in [0.5, 0.6) is 0 Å². The highest BCUT2D eigenvalue weighted by atomic mass is 16.2. The summed E-state index contributed by atoms with van der Waals surface area (Å²) in [4.78, 5) is 24.1. The molecule has 0 spiro atoms. The molecule has 1 atom stereocenters. The fraction of sp³-hybridized carbons (Fsp3) is 0.556. The maximum absolute atomic E-state index is 12.2. The topological polar surface area (TPSA) is 84.2 Å². The first-order chi connectivity index (χ1) is 11.0. The quantitative estimate of drug-likeness (QED) is 0.780. The number of rotatable bonds is 5. The van der Waals surface area contributed by atoms with E-state index in [1.165, 1.54) is 19.3 Å². The first kappa shape index (κ1) is 17.5. The maximum Gasteiger partial charge on any atom is 0.251 e. The van der Waals surface area contributed by atoms with Crippen molar-refractivity contribution in [3.05, 3.63) is 29.8 Å². The molecule has 1 aliphatic rings. The predicted octanol–water partition coefficient (Wildman–Crippen LogP) is 2.67. The normalized spacial score (nSPS) is 16.9. The number of hydrogen-bond acceptors (Lipinski definition) is 3. The van der Waals surface area contributed by atoms with Gasteiger partial charge in [-0.3, -0.25) is 9.59 Å². The number of hydrogen-bond donors (Lipinski definition) is 3. The van der Waals surface area contributed by atoms with E-state index in [2.05, 4.69) is 10.6 Å². The van der Waals surface area contributed by atoms with Gasteiger partial charge in [0.15, 0.2) is 0 Å². The molecule has 2 amide bonds. The predicted molar refractivity (Wildman–Crippen MR) is 92.2 cm³/mol. The molecule has 0 aromatic heterocycles. The van der Waals surface area contributed by atoms with Gasteiger partial charge in [-0.25, -0.2) is 0 Å². The van der Waals surface area contributed by atoms with Crippen LogP contribution >= 0.6 is 0 Å². The Hall–Kier alpha value is -1.88. The maximum atomic E-state index is 12.2. The lowest BCUT2D eigenvalue weighted by atomic mass is 9.95. The first-order valence-electron chi connectivity index (χ1n) is 8.44. The molecule has 1 saturated carbocycles. The standard InChI is InChI=1S/C18H27N3O2/c1-12(2)16(19)18(23)21-15-10-8-13(9-11-15)17(22)20-14-6-4-3-5-7-14/h8-12,14,16H,3-7,19H2,1-2H3,(H,20,22)(H,21,23)/t16-/m0/s1. The molecule has 1 aromatic carbocycles. The molecule has 1 fully saturated rings. The van der Waals surface area contributed by atoms with E-state index >= 15 is 0 Å². The minimum absolute atomic E-state index is 0.0475. The van der Waals surface area contributed by atoms with Gasteiger partial charge in [-0.15, -0.1) is 0 Å². The molecule has 0 aliphatic heterocycles. The summed E-state index contributed by atoms with van der Waals surface area (Å²) < 4.78 is 0. The molecule has 5 nitrogen and oxygen atoms in total. The van der Waals surface area contributed by atoms with Crippen LogP contribution in [0.4, 0.5) is 5.69 Å². The highest BCUT2D eigenvalue weighted by molar-refractivity contribution is 5.97. The molecule has 23 heavy (non-hydrogen) atoms. The van der Waals surface area contributed by atoms with Crippen LogP contribution < -0.4 is 16.4 Å². The van der Waals surface area contributed by atoms with Crippen LogP contribution in [-0.4, -0.2) is 23.9 Å². The van der Waals surface area contributed by atoms with Gasteiger partial charge in [-0.2, -0.15) is 0 Å². The monoisotopic (exact) mass is 317 g/mol. The molecule has 0 bridgehead atoms. The van der Waals surface area contributed by atoms with Crippen molar-refractivity contribution in [2.24, 2.45) is 11.7 Å². The molecule has 0 radical (unpaired) electrons. The van der Waals surface area contributed by atoms with Crippen molar-refractivity contribution in [3.63, 3.8) is 0 Å². The number of benzene rings is 1. The van der Waals surface area contributed by atoms with Crippen molar-refractivity contribution < 1.29 is 9.59 Å². The number of amides is 2. The Morgan fingerprint density at radius 3 is 2.26 bits per heavy atom.